The smallest absolute Gasteiger partial charge is 0.224 e. The van der Waals surface area contributed by atoms with Gasteiger partial charge in [0.2, 0.25) is 5.91 Å². The molecule has 0 atom stereocenters. The van der Waals surface area contributed by atoms with Gasteiger partial charge in [0, 0.05) is 37.6 Å². The summed E-state index contributed by atoms with van der Waals surface area (Å²) in [6.07, 6.45) is 10.7. The van der Waals surface area contributed by atoms with Crippen LogP contribution in [0, 0.1) is 5.92 Å². The van der Waals surface area contributed by atoms with Crippen LogP contribution in [-0.4, -0.2) is 53.6 Å². The summed E-state index contributed by atoms with van der Waals surface area (Å²) < 4.78 is 5.38. The zero-order valence-electron chi connectivity index (χ0n) is 17.7. The summed E-state index contributed by atoms with van der Waals surface area (Å²) in [5.74, 6) is 1.76. The molecule has 0 spiro atoms. The molecule has 1 aromatic carbocycles. The number of hydrogen-bond donors (Lipinski definition) is 1. The summed E-state index contributed by atoms with van der Waals surface area (Å²) in [6.45, 7) is 4.99. The highest BCUT2D eigenvalue weighted by Crippen LogP contribution is 2.26. The van der Waals surface area contributed by atoms with E-state index in [0.717, 1.165) is 74.2 Å². The van der Waals surface area contributed by atoms with Gasteiger partial charge in [-0.1, -0.05) is 49.9 Å². The molecule has 1 saturated carbocycles. The minimum atomic E-state index is 0.108. The monoisotopic (exact) mass is 408 g/mol. The van der Waals surface area contributed by atoms with Gasteiger partial charge in [-0.15, -0.1) is 0 Å². The SMILES string of the molecule is O=C(Cc1ccc(-c2cnc(CN3CCOCC3)nc2)cc1)NCCC1CCCC1. The molecule has 2 fully saturated rings. The van der Waals surface area contributed by atoms with E-state index in [1.165, 1.54) is 25.7 Å². The Bertz CT molecular complexity index is 795. The van der Waals surface area contributed by atoms with E-state index in [0.29, 0.717) is 6.42 Å². The number of amides is 1. The lowest BCUT2D eigenvalue weighted by Crippen LogP contribution is -2.36. The number of hydrogen-bond acceptors (Lipinski definition) is 5. The molecule has 1 N–H and O–H groups in total. The van der Waals surface area contributed by atoms with Crippen LogP contribution in [0.25, 0.3) is 11.1 Å². The lowest BCUT2D eigenvalue weighted by Gasteiger charge is -2.25. The Labute approximate surface area is 179 Å². The second kappa shape index (κ2) is 10.6. The van der Waals surface area contributed by atoms with Gasteiger partial charge in [0.1, 0.15) is 5.82 Å². The number of carbonyl (C=O) groups is 1. The fourth-order valence-corrected chi connectivity index (χ4v) is 4.32. The molecule has 6 nitrogen and oxygen atoms in total. The maximum Gasteiger partial charge on any atom is 0.224 e. The predicted molar refractivity (Wildman–Crippen MR) is 117 cm³/mol. The third-order valence-corrected chi connectivity index (χ3v) is 6.18. The first-order valence-corrected chi connectivity index (χ1v) is 11.2. The van der Waals surface area contributed by atoms with E-state index >= 15 is 0 Å². The van der Waals surface area contributed by atoms with Crippen molar-refractivity contribution in [3.05, 3.63) is 48.0 Å². The average Bonchev–Trinajstić information content (AvgIpc) is 3.29. The van der Waals surface area contributed by atoms with Gasteiger partial charge in [0.25, 0.3) is 0 Å². The van der Waals surface area contributed by atoms with Gasteiger partial charge in [-0.2, -0.15) is 0 Å². The van der Waals surface area contributed by atoms with Crippen molar-refractivity contribution in [3.63, 3.8) is 0 Å². The van der Waals surface area contributed by atoms with Gasteiger partial charge >= 0.3 is 0 Å². The molecule has 0 radical (unpaired) electrons. The van der Waals surface area contributed by atoms with Crippen LogP contribution >= 0.6 is 0 Å². The van der Waals surface area contributed by atoms with Crippen molar-refractivity contribution in [2.45, 2.75) is 45.1 Å². The Morgan fingerprint density at radius 1 is 1.03 bits per heavy atom. The zero-order valence-corrected chi connectivity index (χ0v) is 17.7. The van der Waals surface area contributed by atoms with Crippen molar-refractivity contribution in [3.8, 4) is 11.1 Å². The fourth-order valence-electron chi connectivity index (χ4n) is 4.32. The first kappa shape index (κ1) is 20.9. The first-order chi connectivity index (χ1) is 14.8. The first-order valence-electron chi connectivity index (χ1n) is 11.2. The van der Waals surface area contributed by atoms with E-state index in [1.807, 2.05) is 36.7 Å². The average molecular weight is 409 g/mol. The van der Waals surface area contributed by atoms with Crippen molar-refractivity contribution in [2.24, 2.45) is 5.92 Å². The van der Waals surface area contributed by atoms with E-state index in [1.54, 1.807) is 0 Å². The predicted octanol–water partition coefficient (Wildman–Crippen LogP) is 3.21. The number of carbonyl (C=O) groups excluding carboxylic acids is 1. The molecule has 1 amide bonds. The maximum atomic E-state index is 12.2. The molecular formula is C24H32N4O2. The van der Waals surface area contributed by atoms with Gasteiger partial charge in [-0.25, -0.2) is 9.97 Å². The van der Waals surface area contributed by atoms with Gasteiger partial charge in [0.05, 0.1) is 26.2 Å². The maximum absolute atomic E-state index is 12.2. The Kier molecular flexibility index (Phi) is 7.43. The Morgan fingerprint density at radius 3 is 2.43 bits per heavy atom. The fraction of sp³-hybridized carbons (Fsp3) is 0.542. The van der Waals surface area contributed by atoms with E-state index in [-0.39, 0.29) is 5.91 Å². The van der Waals surface area contributed by atoms with Crippen molar-refractivity contribution in [2.75, 3.05) is 32.8 Å². The molecular weight excluding hydrogens is 376 g/mol. The standard InChI is InChI=1S/C24H32N4O2/c29-24(25-10-9-19-3-1-2-4-19)15-20-5-7-21(8-6-20)22-16-26-23(27-17-22)18-28-11-13-30-14-12-28/h5-8,16-17,19H,1-4,9-15,18H2,(H,25,29). The minimum absolute atomic E-state index is 0.108. The molecule has 1 aliphatic heterocycles. The second-order valence-corrected chi connectivity index (χ2v) is 8.44. The van der Waals surface area contributed by atoms with Gasteiger partial charge in [0.15, 0.2) is 0 Å². The van der Waals surface area contributed by atoms with Gasteiger partial charge in [-0.3, -0.25) is 9.69 Å². The molecule has 6 heteroatoms. The van der Waals surface area contributed by atoms with Crippen molar-refractivity contribution in [1.29, 1.82) is 0 Å². The number of rotatable bonds is 8. The number of benzene rings is 1. The molecule has 1 saturated heterocycles. The Hall–Kier alpha value is -2.31. The van der Waals surface area contributed by atoms with Crippen LogP contribution in [0.3, 0.4) is 0 Å². The van der Waals surface area contributed by atoms with Crippen molar-refractivity contribution < 1.29 is 9.53 Å². The third-order valence-electron chi connectivity index (χ3n) is 6.18. The van der Waals surface area contributed by atoms with Crippen LogP contribution in [0.2, 0.25) is 0 Å². The van der Waals surface area contributed by atoms with Crippen LogP contribution < -0.4 is 5.32 Å². The minimum Gasteiger partial charge on any atom is -0.379 e. The summed E-state index contributed by atoms with van der Waals surface area (Å²) >= 11 is 0. The summed E-state index contributed by atoms with van der Waals surface area (Å²) in [7, 11) is 0. The summed E-state index contributed by atoms with van der Waals surface area (Å²) in [6, 6.07) is 8.13. The van der Waals surface area contributed by atoms with E-state index in [4.69, 9.17) is 4.74 Å². The van der Waals surface area contributed by atoms with Crippen molar-refractivity contribution in [1.82, 2.24) is 20.2 Å². The lowest BCUT2D eigenvalue weighted by atomic mass is 10.0. The molecule has 1 aromatic heterocycles. The van der Waals surface area contributed by atoms with E-state index in [2.05, 4.69) is 20.2 Å². The van der Waals surface area contributed by atoms with Crippen LogP contribution in [-0.2, 0) is 22.5 Å². The Morgan fingerprint density at radius 2 is 1.73 bits per heavy atom. The summed E-state index contributed by atoms with van der Waals surface area (Å²) in [5, 5.41) is 3.07. The largest absolute Gasteiger partial charge is 0.379 e. The number of morpholine rings is 1. The number of nitrogens with zero attached hydrogens (tertiary/aromatic N) is 3. The molecule has 0 bridgehead atoms. The molecule has 1 aliphatic carbocycles. The van der Waals surface area contributed by atoms with Crippen LogP contribution in [0.5, 0.6) is 0 Å². The summed E-state index contributed by atoms with van der Waals surface area (Å²) in [4.78, 5) is 23.6. The van der Waals surface area contributed by atoms with Gasteiger partial charge < -0.3 is 10.1 Å². The number of aromatic nitrogens is 2. The highest BCUT2D eigenvalue weighted by atomic mass is 16.5. The van der Waals surface area contributed by atoms with E-state index in [9.17, 15) is 4.79 Å². The molecule has 2 aromatic rings. The molecule has 160 valence electrons. The molecule has 4 rings (SSSR count). The van der Waals surface area contributed by atoms with Crippen LogP contribution in [0.15, 0.2) is 36.7 Å². The molecule has 2 aliphatic rings. The van der Waals surface area contributed by atoms with Gasteiger partial charge in [-0.05, 0) is 23.5 Å². The van der Waals surface area contributed by atoms with Crippen LogP contribution in [0.4, 0.5) is 0 Å². The quantitative estimate of drug-likeness (QED) is 0.726. The highest BCUT2D eigenvalue weighted by Gasteiger charge is 2.15. The third kappa shape index (κ3) is 6.09. The molecule has 2 heterocycles. The second-order valence-electron chi connectivity index (χ2n) is 8.44. The Balaban J connectivity index is 1.24. The zero-order chi connectivity index (χ0) is 20.6. The highest BCUT2D eigenvalue weighted by molar-refractivity contribution is 5.78. The van der Waals surface area contributed by atoms with Crippen molar-refractivity contribution >= 4 is 5.91 Å². The lowest BCUT2D eigenvalue weighted by molar-refractivity contribution is -0.120. The summed E-state index contributed by atoms with van der Waals surface area (Å²) in [5.41, 5.74) is 3.09. The normalized spacial score (nSPS) is 17.9. The topological polar surface area (TPSA) is 67.4 Å². The molecule has 30 heavy (non-hydrogen) atoms. The number of ether oxygens (including phenoxy) is 1. The molecule has 0 unspecified atom stereocenters. The van der Waals surface area contributed by atoms with E-state index < -0.39 is 0 Å². The number of nitrogens with one attached hydrogen (secondary N) is 1. The van der Waals surface area contributed by atoms with Crippen LogP contribution in [0.1, 0.15) is 43.5 Å².